The van der Waals surface area contributed by atoms with Gasteiger partial charge in [-0.05, 0) is 41.5 Å². The van der Waals surface area contributed by atoms with E-state index in [4.69, 9.17) is 9.15 Å². The van der Waals surface area contributed by atoms with Crippen LogP contribution in [0.4, 0.5) is 4.79 Å². The number of hydrogen-bond donors (Lipinski definition) is 2. The van der Waals surface area contributed by atoms with E-state index in [1.54, 1.807) is 7.05 Å². The Morgan fingerprint density at radius 1 is 1.32 bits per heavy atom. The molecule has 2 N–H and O–H groups in total. The number of amides is 1. The van der Waals surface area contributed by atoms with Crippen molar-refractivity contribution in [2.75, 3.05) is 26.7 Å². The van der Waals surface area contributed by atoms with Crippen LogP contribution >= 0.6 is 0 Å². The largest absolute Gasteiger partial charge is 0.444 e. The Morgan fingerprint density at radius 2 is 2.00 bits per heavy atom. The van der Waals surface area contributed by atoms with Crippen molar-refractivity contribution in [2.24, 2.45) is 4.99 Å². The third-order valence-corrected chi connectivity index (χ3v) is 3.23. The van der Waals surface area contributed by atoms with Gasteiger partial charge in [-0.2, -0.15) is 0 Å². The number of guanidine groups is 1. The highest BCUT2D eigenvalue weighted by Gasteiger charge is 2.19. The molecule has 0 saturated carbocycles. The van der Waals surface area contributed by atoms with Crippen molar-refractivity contribution in [3.05, 3.63) is 17.3 Å². The van der Waals surface area contributed by atoms with Gasteiger partial charge in [0.1, 0.15) is 17.9 Å². The lowest BCUT2D eigenvalue weighted by Crippen LogP contribution is -2.43. The molecule has 0 spiro atoms. The van der Waals surface area contributed by atoms with Crippen molar-refractivity contribution in [3.63, 3.8) is 0 Å². The van der Waals surface area contributed by atoms with Gasteiger partial charge < -0.3 is 24.7 Å². The van der Waals surface area contributed by atoms with E-state index < -0.39 is 5.60 Å². The second-order valence-corrected chi connectivity index (χ2v) is 6.77. The minimum atomic E-state index is -0.499. The Balaban J connectivity index is 2.49. The first-order chi connectivity index (χ1) is 11.6. The Kier molecular flexibility index (Phi) is 7.73. The van der Waals surface area contributed by atoms with Crippen LogP contribution in [0, 0.1) is 13.8 Å². The third kappa shape index (κ3) is 7.91. The maximum absolute atomic E-state index is 11.9. The lowest BCUT2D eigenvalue weighted by molar-refractivity contribution is 0.0302. The van der Waals surface area contributed by atoms with Gasteiger partial charge in [0.15, 0.2) is 5.96 Å². The first-order valence-corrected chi connectivity index (χ1v) is 8.51. The van der Waals surface area contributed by atoms with Gasteiger partial charge >= 0.3 is 6.09 Å². The van der Waals surface area contributed by atoms with Gasteiger partial charge in [-0.3, -0.25) is 0 Å². The van der Waals surface area contributed by atoms with Crippen molar-refractivity contribution < 1.29 is 13.9 Å². The average Bonchev–Trinajstić information content (AvgIpc) is 2.81. The van der Waals surface area contributed by atoms with Crippen LogP contribution in [0.25, 0.3) is 0 Å². The van der Waals surface area contributed by atoms with Crippen LogP contribution in [-0.4, -0.2) is 54.2 Å². The van der Waals surface area contributed by atoms with E-state index in [0.717, 1.165) is 18.0 Å². The molecular formula is C17H31N5O3. The first kappa shape index (κ1) is 20.8. The van der Waals surface area contributed by atoms with Gasteiger partial charge in [-0.15, -0.1) is 0 Å². The number of rotatable bonds is 6. The number of hydrogen-bond acceptors (Lipinski definition) is 5. The number of carbonyl (C=O) groups is 1. The van der Waals surface area contributed by atoms with Gasteiger partial charge in [0.25, 0.3) is 0 Å². The summed E-state index contributed by atoms with van der Waals surface area (Å²) in [6.07, 6.45) is -0.345. The summed E-state index contributed by atoms with van der Waals surface area (Å²) in [5.74, 6) is 2.04. The maximum atomic E-state index is 11.9. The molecule has 0 fully saturated rings. The molecule has 142 valence electrons. The first-order valence-electron chi connectivity index (χ1n) is 8.51. The zero-order valence-corrected chi connectivity index (χ0v) is 16.4. The van der Waals surface area contributed by atoms with Crippen molar-refractivity contribution in [1.82, 2.24) is 20.5 Å². The smallest absolute Gasteiger partial charge is 0.410 e. The van der Waals surface area contributed by atoms with Gasteiger partial charge in [0, 0.05) is 26.7 Å². The Morgan fingerprint density at radius 3 is 2.52 bits per heavy atom. The van der Waals surface area contributed by atoms with Crippen molar-refractivity contribution in [1.29, 1.82) is 0 Å². The van der Waals surface area contributed by atoms with E-state index in [0.29, 0.717) is 31.5 Å². The number of nitrogens with one attached hydrogen (secondary N) is 2. The summed E-state index contributed by atoms with van der Waals surface area (Å²) in [4.78, 5) is 22.2. The normalized spacial score (nSPS) is 12.0. The van der Waals surface area contributed by atoms with Gasteiger partial charge in [-0.1, -0.05) is 0 Å². The predicted molar refractivity (Wildman–Crippen MR) is 97.7 cm³/mol. The van der Waals surface area contributed by atoms with E-state index in [1.807, 2.05) is 41.5 Å². The number of carbonyl (C=O) groups excluding carboxylic acids is 1. The predicted octanol–water partition coefficient (Wildman–Crippen LogP) is 2.21. The summed E-state index contributed by atoms with van der Waals surface area (Å²) in [5.41, 5.74) is 0.378. The van der Waals surface area contributed by atoms with E-state index >= 15 is 0 Å². The molecular weight excluding hydrogens is 322 g/mol. The molecule has 1 rings (SSSR count). The number of nitrogens with zero attached hydrogens (tertiary/aromatic N) is 3. The van der Waals surface area contributed by atoms with E-state index in [2.05, 4.69) is 20.6 Å². The Bertz CT molecular complexity index is 570. The molecule has 1 aromatic rings. The number of ether oxygens (including phenoxy) is 1. The van der Waals surface area contributed by atoms with Crippen molar-refractivity contribution in [2.45, 2.75) is 53.7 Å². The topological polar surface area (TPSA) is 92.0 Å². The summed E-state index contributed by atoms with van der Waals surface area (Å²) in [6, 6.07) is 0. The van der Waals surface area contributed by atoms with Crippen LogP contribution < -0.4 is 10.6 Å². The SMILES string of the molecule is CCNC(=NCc1nc(C)c(C)o1)NCCN(C)C(=O)OC(C)(C)C. The van der Waals surface area contributed by atoms with Crippen LogP contribution in [0.2, 0.25) is 0 Å². The zero-order valence-electron chi connectivity index (χ0n) is 16.4. The standard InChI is InChI=1S/C17H31N5O3/c1-8-18-15(20-11-14-21-12(2)13(3)24-14)19-9-10-22(7)16(23)25-17(4,5)6/h8-11H2,1-7H3,(H2,18,19,20). The number of aromatic nitrogens is 1. The highest BCUT2D eigenvalue weighted by atomic mass is 16.6. The molecule has 0 aliphatic heterocycles. The molecule has 0 bridgehead atoms. The number of aliphatic imine (C=N–C) groups is 1. The molecule has 1 amide bonds. The minimum Gasteiger partial charge on any atom is -0.444 e. The van der Waals surface area contributed by atoms with Crippen LogP contribution in [0.5, 0.6) is 0 Å². The van der Waals surface area contributed by atoms with Gasteiger partial charge in [0.05, 0.1) is 5.69 Å². The molecule has 0 unspecified atom stereocenters. The molecule has 25 heavy (non-hydrogen) atoms. The average molecular weight is 353 g/mol. The van der Waals surface area contributed by atoms with Crippen LogP contribution in [0.15, 0.2) is 9.41 Å². The van der Waals surface area contributed by atoms with E-state index in [-0.39, 0.29) is 6.09 Å². The lowest BCUT2D eigenvalue weighted by atomic mass is 10.2. The maximum Gasteiger partial charge on any atom is 0.410 e. The summed E-state index contributed by atoms with van der Waals surface area (Å²) in [6.45, 7) is 13.4. The van der Waals surface area contributed by atoms with Crippen LogP contribution in [0.1, 0.15) is 45.0 Å². The molecule has 0 aromatic carbocycles. The summed E-state index contributed by atoms with van der Waals surface area (Å²) in [5, 5.41) is 6.33. The molecule has 0 aliphatic rings. The summed E-state index contributed by atoms with van der Waals surface area (Å²) in [7, 11) is 1.71. The number of oxazole rings is 1. The summed E-state index contributed by atoms with van der Waals surface area (Å²) < 4.78 is 10.8. The van der Waals surface area contributed by atoms with E-state index in [9.17, 15) is 4.79 Å². The van der Waals surface area contributed by atoms with Crippen molar-refractivity contribution >= 4 is 12.1 Å². The minimum absolute atomic E-state index is 0.345. The Labute approximate surface area is 150 Å². The van der Waals surface area contributed by atoms with E-state index in [1.165, 1.54) is 4.90 Å². The molecule has 1 aromatic heterocycles. The zero-order chi connectivity index (χ0) is 19.0. The molecule has 0 atom stereocenters. The number of aryl methyl sites for hydroxylation is 2. The molecule has 8 nitrogen and oxygen atoms in total. The quantitative estimate of drug-likeness (QED) is 0.602. The highest BCUT2D eigenvalue weighted by molar-refractivity contribution is 5.79. The monoisotopic (exact) mass is 353 g/mol. The fourth-order valence-electron chi connectivity index (χ4n) is 1.87. The second-order valence-electron chi connectivity index (χ2n) is 6.77. The summed E-state index contributed by atoms with van der Waals surface area (Å²) >= 11 is 0. The molecule has 0 saturated heterocycles. The lowest BCUT2D eigenvalue weighted by Gasteiger charge is -2.24. The van der Waals surface area contributed by atoms with Crippen LogP contribution in [-0.2, 0) is 11.3 Å². The fourth-order valence-corrected chi connectivity index (χ4v) is 1.87. The molecule has 0 aliphatic carbocycles. The highest BCUT2D eigenvalue weighted by Crippen LogP contribution is 2.09. The van der Waals surface area contributed by atoms with Crippen LogP contribution in [0.3, 0.4) is 0 Å². The second kappa shape index (κ2) is 9.29. The molecule has 1 heterocycles. The van der Waals surface area contributed by atoms with Gasteiger partial charge in [0.2, 0.25) is 5.89 Å². The Hall–Kier alpha value is -2.25. The molecule has 8 heteroatoms. The third-order valence-electron chi connectivity index (χ3n) is 3.23. The fraction of sp³-hybridized carbons (Fsp3) is 0.706. The van der Waals surface area contributed by atoms with Crippen molar-refractivity contribution in [3.8, 4) is 0 Å². The molecule has 0 radical (unpaired) electrons. The van der Waals surface area contributed by atoms with Gasteiger partial charge in [-0.25, -0.2) is 14.8 Å². The number of likely N-dealkylation sites (N-methyl/N-ethyl adjacent to an activating group) is 1.